The van der Waals surface area contributed by atoms with E-state index >= 15 is 0 Å². The van der Waals surface area contributed by atoms with E-state index in [4.69, 9.17) is 32.7 Å². The summed E-state index contributed by atoms with van der Waals surface area (Å²) in [7, 11) is -1.25. The molecule has 0 saturated heterocycles. The second kappa shape index (κ2) is 10.9. The van der Waals surface area contributed by atoms with E-state index in [0.29, 0.717) is 5.75 Å². The van der Waals surface area contributed by atoms with Crippen molar-refractivity contribution in [2.24, 2.45) is 0 Å². The number of para-hydroxylation sites is 1. The molecule has 0 fully saturated rings. The monoisotopic (exact) mass is 508 g/mol. The molecule has 174 valence electrons. The third-order valence-electron chi connectivity index (χ3n) is 4.77. The van der Waals surface area contributed by atoms with Gasteiger partial charge in [-0.05, 0) is 36.2 Å². The van der Waals surface area contributed by atoms with Crippen LogP contribution >= 0.6 is 23.2 Å². The van der Waals surface area contributed by atoms with E-state index < -0.39 is 22.0 Å². The van der Waals surface area contributed by atoms with Crippen LogP contribution < -0.4 is 19.5 Å². The van der Waals surface area contributed by atoms with Gasteiger partial charge in [0.2, 0.25) is 15.9 Å². The normalized spacial score (nSPS) is 12.1. The van der Waals surface area contributed by atoms with Crippen LogP contribution in [0, 0.1) is 0 Å². The van der Waals surface area contributed by atoms with Crippen LogP contribution in [0.1, 0.15) is 5.56 Å². The van der Waals surface area contributed by atoms with Crippen molar-refractivity contribution in [3.63, 3.8) is 0 Å². The highest BCUT2D eigenvalue weighted by Crippen LogP contribution is 2.31. The van der Waals surface area contributed by atoms with Gasteiger partial charge in [0.1, 0.15) is 6.04 Å². The molecule has 1 atom stereocenters. The van der Waals surface area contributed by atoms with Gasteiger partial charge in [0.25, 0.3) is 0 Å². The van der Waals surface area contributed by atoms with Crippen LogP contribution in [0.5, 0.6) is 11.5 Å². The zero-order valence-electron chi connectivity index (χ0n) is 17.8. The summed E-state index contributed by atoms with van der Waals surface area (Å²) in [6, 6.07) is 16.8. The molecule has 2 N–H and O–H groups in total. The number of hydrogen-bond donors (Lipinski definition) is 2. The van der Waals surface area contributed by atoms with Crippen molar-refractivity contribution in [3.8, 4) is 11.5 Å². The van der Waals surface area contributed by atoms with Crippen molar-refractivity contribution in [1.82, 2.24) is 4.72 Å². The third-order valence-corrected chi connectivity index (χ3v) is 6.87. The van der Waals surface area contributed by atoms with Gasteiger partial charge in [0.15, 0.2) is 11.5 Å². The molecule has 3 aromatic carbocycles. The van der Waals surface area contributed by atoms with Crippen molar-refractivity contribution in [2.45, 2.75) is 17.4 Å². The Labute approximate surface area is 202 Å². The maximum absolute atomic E-state index is 13.2. The zero-order valence-corrected chi connectivity index (χ0v) is 20.2. The fourth-order valence-electron chi connectivity index (χ4n) is 3.10. The predicted octanol–water partition coefficient (Wildman–Crippen LogP) is 4.54. The minimum atomic E-state index is -4.11. The summed E-state index contributed by atoms with van der Waals surface area (Å²) in [6.45, 7) is 0. The molecule has 0 spiro atoms. The molecule has 3 aromatic rings. The Morgan fingerprint density at radius 3 is 2.15 bits per heavy atom. The van der Waals surface area contributed by atoms with Crippen molar-refractivity contribution in [3.05, 3.63) is 82.3 Å². The first-order valence-corrected chi connectivity index (χ1v) is 12.0. The second-order valence-corrected chi connectivity index (χ2v) is 9.49. The van der Waals surface area contributed by atoms with Gasteiger partial charge in [0, 0.05) is 6.07 Å². The van der Waals surface area contributed by atoms with E-state index in [1.807, 2.05) is 6.07 Å². The summed E-state index contributed by atoms with van der Waals surface area (Å²) in [6.07, 6.45) is 0.0985. The molecule has 0 bridgehead atoms. The number of methoxy groups -OCH3 is 2. The van der Waals surface area contributed by atoms with Crippen LogP contribution in [0.3, 0.4) is 0 Å². The van der Waals surface area contributed by atoms with Crippen LogP contribution in [-0.2, 0) is 21.2 Å². The number of hydrogen-bond acceptors (Lipinski definition) is 5. The first kappa shape index (κ1) is 24.9. The van der Waals surface area contributed by atoms with Gasteiger partial charge in [-0.2, -0.15) is 4.72 Å². The summed E-state index contributed by atoms with van der Waals surface area (Å²) in [5, 5.41) is 3.11. The zero-order chi connectivity index (χ0) is 24.0. The van der Waals surface area contributed by atoms with E-state index in [9.17, 15) is 13.2 Å². The van der Waals surface area contributed by atoms with Crippen LogP contribution in [0.4, 0.5) is 5.69 Å². The highest BCUT2D eigenvalue weighted by molar-refractivity contribution is 7.89. The fourth-order valence-corrected chi connectivity index (χ4v) is 4.81. The predicted molar refractivity (Wildman–Crippen MR) is 129 cm³/mol. The molecule has 0 aliphatic rings. The highest BCUT2D eigenvalue weighted by Gasteiger charge is 2.28. The number of carbonyl (C=O) groups is 1. The van der Waals surface area contributed by atoms with Gasteiger partial charge in [-0.1, -0.05) is 59.6 Å². The van der Waals surface area contributed by atoms with E-state index in [-0.39, 0.29) is 32.8 Å². The summed E-state index contributed by atoms with van der Waals surface area (Å²) in [5.74, 6) is 0.00794. The molecule has 3 rings (SSSR count). The molecule has 0 aliphatic carbocycles. The lowest BCUT2D eigenvalue weighted by molar-refractivity contribution is -0.117. The first-order valence-electron chi connectivity index (χ1n) is 9.78. The minimum Gasteiger partial charge on any atom is -0.493 e. The molecule has 1 unspecified atom stereocenters. The van der Waals surface area contributed by atoms with Gasteiger partial charge in [0.05, 0.1) is 34.8 Å². The Bertz CT molecular complexity index is 1220. The van der Waals surface area contributed by atoms with Crippen LogP contribution in [-0.4, -0.2) is 34.6 Å². The van der Waals surface area contributed by atoms with E-state index in [0.717, 1.165) is 5.56 Å². The third kappa shape index (κ3) is 6.17. The van der Waals surface area contributed by atoms with Crippen molar-refractivity contribution in [2.75, 3.05) is 19.5 Å². The second-order valence-electron chi connectivity index (χ2n) is 6.97. The molecule has 0 radical (unpaired) electrons. The molecule has 0 aromatic heterocycles. The van der Waals surface area contributed by atoms with E-state index in [2.05, 4.69) is 10.0 Å². The number of benzene rings is 3. The average molecular weight is 509 g/mol. The minimum absolute atomic E-state index is 0.0817. The van der Waals surface area contributed by atoms with Crippen LogP contribution in [0.2, 0.25) is 10.0 Å². The van der Waals surface area contributed by atoms with E-state index in [1.165, 1.54) is 32.4 Å². The number of nitrogens with one attached hydrogen (secondary N) is 2. The summed E-state index contributed by atoms with van der Waals surface area (Å²) >= 11 is 12.3. The number of ether oxygens (including phenoxy) is 2. The number of amides is 1. The average Bonchev–Trinajstić information content (AvgIpc) is 2.81. The Morgan fingerprint density at radius 2 is 1.55 bits per heavy atom. The quantitative estimate of drug-likeness (QED) is 0.442. The number of sulfonamides is 1. The maximum atomic E-state index is 13.2. The molecule has 0 heterocycles. The van der Waals surface area contributed by atoms with Crippen molar-refractivity contribution < 1.29 is 22.7 Å². The lowest BCUT2D eigenvalue weighted by Crippen LogP contribution is -2.45. The molecule has 33 heavy (non-hydrogen) atoms. The standard InChI is InChI=1S/C23H22Cl2N2O5S/c1-31-20-12-11-16(14-21(20)32-2)33(29,30)27-19(13-15-7-4-3-5-8-15)23(28)26-22-17(24)9-6-10-18(22)25/h3-12,14,19,27H,13H2,1-2H3,(H,26,28). The first-order chi connectivity index (χ1) is 15.7. The molecule has 0 aliphatic heterocycles. The lowest BCUT2D eigenvalue weighted by atomic mass is 10.1. The van der Waals surface area contributed by atoms with Crippen LogP contribution in [0.25, 0.3) is 0 Å². The van der Waals surface area contributed by atoms with Gasteiger partial charge in [-0.25, -0.2) is 8.42 Å². The Hall–Kier alpha value is -2.78. The molecule has 10 heteroatoms. The summed E-state index contributed by atoms with van der Waals surface area (Å²) < 4.78 is 39.1. The Kier molecular flexibility index (Phi) is 8.20. The molecular weight excluding hydrogens is 487 g/mol. The molecule has 1 amide bonds. The van der Waals surface area contributed by atoms with Crippen molar-refractivity contribution in [1.29, 1.82) is 0 Å². The number of anilines is 1. The fraction of sp³-hybridized carbons (Fsp3) is 0.174. The maximum Gasteiger partial charge on any atom is 0.242 e. The topological polar surface area (TPSA) is 93.7 Å². The molecular formula is C23H22Cl2N2O5S. The number of rotatable bonds is 9. The smallest absolute Gasteiger partial charge is 0.242 e. The molecule has 0 saturated carbocycles. The van der Waals surface area contributed by atoms with Gasteiger partial charge < -0.3 is 14.8 Å². The van der Waals surface area contributed by atoms with Crippen LogP contribution in [0.15, 0.2) is 71.6 Å². The van der Waals surface area contributed by atoms with E-state index in [1.54, 1.807) is 42.5 Å². The summed E-state index contributed by atoms with van der Waals surface area (Å²) in [4.78, 5) is 13.1. The van der Waals surface area contributed by atoms with Gasteiger partial charge >= 0.3 is 0 Å². The number of halogens is 2. The number of carbonyl (C=O) groups excluding carboxylic acids is 1. The summed E-state index contributed by atoms with van der Waals surface area (Å²) in [5.41, 5.74) is 0.965. The largest absolute Gasteiger partial charge is 0.493 e. The highest BCUT2D eigenvalue weighted by atomic mass is 35.5. The lowest BCUT2D eigenvalue weighted by Gasteiger charge is -2.20. The van der Waals surface area contributed by atoms with Gasteiger partial charge in [-0.15, -0.1) is 0 Å². The Morgan fingerprint density at radius 1 is 0.909 bits per heavy atom. The Balaban J connectivity index is 1.93. The van der Waals surface area contributed by atoms with Gasteiger partial charge in [-0.3, -0.25) is 4.79 Å². The van der Waals surface area contributed by atoms with Crippen molar-refractivity contribution >= 4 is 44.8 Å². The SMILES string of the molecule is COc1ccc(S(=O)(=O)NC(Cc2ccccc2)C(=O)Nc2c(Cl)cccc2Cl)cc1OC. The molecule has 7 nitrogen and oxygen atoms in total.